The molecule has 1 heterocycles. The molecule has 11 nitrogen and oxygen atoms in total. The molecule has 4 rings (SSSR count). The average Bonchev–Trinajstić information content (AvgIpc) is 3.05. The first-order chi connectivity index (χ1) is 24.2. The number of rotatable bonds is 14. The fourth-order valence-corrected chi connectivity index (χ4v) is 7.91. The number of para-hydroxylation sites is 1. The fourth-order valence-electron chi connectivity index (χ4n) is 7.32. The van der Waals surface area contributed by atoms with E-state index < -0.39 is 61.8 Å². The summed E-state index contributed by atoms with van der Waals surface area (Å²) in [5.74, 6) is -0.230. The van der Waals surface area contributed by atoms with Crippen LogP contribution in [0.1, 0.15) is 86.1 Å². The molecule has 0 radical (unpaired) electrons. The normalized spacial score (nSPS) is 21.9. The molecule has 288 valence electrons. The van der Waals surface area contributed by atoms with E-state index in [1.165, 1.54) is 13.8 Å². The van der Waals surface area contributed by atoms with Crippen molar-refractivity contribution in [1.82, 2.24) is 20.9 Å². The molecule has 6 atom stereocenters. The van der Waals surface area contributed by atoms with E-state index in [2.05, 4.69) is 20.9 Å². The highest BCUT2D eigenvalue weighted by molar-refractivity contribution is 7.92. The number of hydrogen-bond acceptors (Lipinski definition) is 8. The summed E-state index contributed by atoms with van der Waals surface area (Å²) in [6, 6.07) is 15.3. The molecule has 1 aliphatic heterocycles. The zero-order valence-electron chi connectivity index (χ0n) is 32.1. The van der Waals surface area contributed by atoms with Crippen molar-refractivity contribution in [2.24, 2.45) is 11.8 Å². The number of ether oxygens (including phenoxy) is 1. The van der Waals surface area contributed by atoms with Crippen molar-refractivity contribution >= 4 is 27.6 Å². The Balaban J connectivity index is 1.63. The first-order valence-corrected chi connectivity index (χ1v) is 20.4. The van der Waals surface area contributed by atoms with Gasteiger partial charge in [0.2, 0.25) is 11.8 Å². The topological polar surface area (TPSA) is 154 Å². The minimum Gasteiger partial charge on any atom is -0.478 e. The van der Waals surface area contributed by atoms with E-state index in [-0.39, 0.29) is 18.9 Å². The molecule has 1 saturated carbocycles. The molecule has 1 saturated heterocycles. The van der Waals surface area contributed by atoms with Crippen LogP contribution in [0.2, 0.25) is 0 Å². The summed E-state index contributed by atoms with van der Waals surface area (Å²) >= 11 is 0. The number of fused-ring (bicyclic) bond motifs is 1. The SMILES string of the molecule is CC(C)(C)NC(=O)[C@@H]1C[C@@H]2CCCC[C@@H]2CN1C[C@@H](O)[C@H](Cc1ccccc1)NC(=O)[C@@H](NC(=O)C(C)(C)Oc1ccccc1)C(C)(C)S(C)(=O)=O. The third kappa shape index (κ3) is 10.8. The van der Waals surface area contributed by atoms with Crippen LogP contribution < -0.4 is 20.7 Å². The Morgan fingerprint density at radius 2 is 1.46 bits per heavy atom. The van der Waals surface area contributed by atoms with Crippen LogP contribution in [-0.4, -0.2) is 95.6 Å². The number of carbonyl (C=O) groups excluding carboxylic acids is 3. The summed E-state index contributed by atoms with van der Waals surface area (Å²) in [4.78, 5) is 43.9. The molecule has 3 amide bonds. The predicted octanol–water partition coefficient (Wildman–Crippen LogP) is 4.04. The number of β-amino-alcohol motifs (C(OH)–C–C–N with tert-alkyl or cyclic N) is 1. The van der Waals surface area contributed by atoms with Gasteiger partial charge in [-0.15, -0.1) is 0 Å². The van der Waals surface area contributed by atoms with E-state index in [4.69, 9.17) is 4.74 Å². The number of nitrogens with one attached hydrogen (secondary N) is 3. The summed E-state index contributed by atoms with van der Waals surface area (Å²) in [6.07, 6.45) is 5.27. The standard InChI is InChI=1S/C40H60N4O7S/c1-38(2,3)43-35(46)32-24-28-19-15-16-20-29(28)25-44(32)26-33(45)31(23-27-17-11-9-12-18-27)41-36(47)34(40(6,7)52(8,49)50)42-37(48)39(4,5)51-30-21-13-10-14-22-30/h9-14,17-18,21-22,28-29,31-34,45H,15-16,19-20,23-26H2,1-8H3,(H,41,47)(H,42,48)(H,43,46)/t28-,29+,31-,32-,33+,34+/m0/s1. The molecule has 0 unspecified atom stereocenters. The maximum Gasteiger partial charge on any atom is 0.264 e. The summed E-state index contributed by atoms with van der Waals surface area (Å²) in [7, 11) is -3.91. The number of carbonyl (C=O) groups is 3. The number of aliphatic hydroxyl groups excluding tert-OH is 1. The Kier molecular flexibility index (Phi) is 13.2. The van der Waals surface area contributed by atoms with Crippen LogP contribution in [0.5, 0.6) is 5.75 Å². The lowest BCUT2D eigenvalue weighted by Crippen LogP contribution is -2.65. The van der Waals surface area contributed by atoms with Crippen LogP contribution in [0.4, 0.5) is 0 Å². The van der Waals surface area contributed by atoms with Crippen molar-refractivity contribution in [3.05, 3.63) is 66.2 Å². The van der Waals surface area contributed by atoms with Crippen molar-refractivity contribution in [2.45, 2.75) is 127 Å². The number of aliphatic hydroxyl groups is 1. The second kappa shape index (κ2) is 16.7. The van der Waals surface area contributed by atoms with Gasteiger partial charge in [-0.3, -0.25) is 19.3 Å². The minimum atomic E-state index is -3.91. The molecule has 52 heavy (non-hydrogen) atoms. The van der Waals surface area contributed by atoms with Crippen molar-refractivity contribution < 1.29 is 32.6 Å². The maximum absolute atomic E-state index is 14.4. The van der Waals surface area contributed by atoms with Crippen molar-refractivity contribution in [3.63, 3.8) is 0 Å². The Labute approximate surface area is 310 Å². The number of benzene rings is 2. The van der Waals surface area contributed by atoms with Crippen LogP contribution >= 0.6 is 0 Å². The summed E-state index contributed by atoms with van der Waals surface area (Å²) in [5.41, 5.74) is -1.05. The molecule has 1 aliphatic carbocycles. The first-order valence-electron chi connectivity index (χ1n) is 18.5. The zero-order valence-corrected chi connectivity index (χ0v) is 33.0. The van der Waals surface area contributed by atoms with E-state index in [0.29, 0.717) is 30.6 Å². The van der Waals surface area contributed by atoms with Gasteiger partial charge in [-0.25, -0.2) is 8.42 Å². The molecular weight excluding hydrogens is 681 g/mol. The quantitative estimate of drug-likeness (QED) is 0.227. The van der Waals surface area contributed by atoms with E-state index in [0.717, 1.165) is 37.5 Å². The zero-order chi connectivity index (χ0) is 38.5. The third-order valence-corrected chi connectivity index (χ3v) is 12.8. The predicted molar refractivity (Wildman–Crippen MR) is 203 cm³/mol. The Morgan fingerprint density at radius 3 is 2.04 bits per heavy atom. The molecule has 0 spiro atoms. The molecule has 2 aliphatic rings. The minimum absolute atomic E-state index is 0.0783. The van der Waals surface area contributed by atoms with E-state index in [1.807, 2.05) is 57.2 Å². The molecule has 2 fully saturated rings. The number of nitrogens with zero attached hydrogens (tertiary/aromatic N) is 1. The lowest BCUT2D eigenvalue weighted by molar-refractivity contribution is -0.138. The number of sulfone groups is 1. The van der Waals surface area contributed by atoms with Gasteiger partial charge in [-0.05, 0) is 97.3 Å². The molecule has 2 aromatic carbocycles. The van der Waals surface area contributed by atoms with Gasteiger partial charge in [-0.2, -0.15) is 0 Å². The fraction of sp³-hybridized carbons (Fsp3) is 0.625. The second-order valence-electron chi connectivity index (χ2n) is 16.8. The highest BCUT2D eigenvalue weighted by Crippen LogP contribution is 2.39. The van der Waals surface area contributed by atoms with Crippen LogP contribution in [0.25, 0.3) is 0 Å². The molecule has 2 aromatic rings. The average molecular weight is 741 g/mol. The van der Waals surface area contributed by atoms with Gasteiger partial charge in [0.05, 0.1) is 22.9 Å². The monoisotopic (exact) mass is 740 g/mol. The first kappa shape index (κ1) is 41.3. The smallest absolute Gasteiger partial charge is 0.264 e. The maximum atomic E-state index is 14.4. The number of piperidine rings is 1. The molecule has 4 N–H and O–H groups in total. The number of likely N-dealkylation sites (tertiary alicyclic amines) is 1. The second-order valence-corrected chi connectivity index (χ2v) is 19.4. The summed E-state index contributed by atoms with van der Waals surface area (Å²) in [6.45, 7) is 12.5. The van der Waals surface area contributed by atoms with Gasteiger partial charge in [0, 0.05) is 24.9 Å². The highest BCUT2D eigenvalue weighted by atomic mass is 32.2. The highest BCUT2D eigenvalue weighted by Gasteiger charge is 2.48. The molecular formula is C40H60N4O7S. The van der Waals surface area contributed by atoms with Gasteiger partial charge in [-0.1, -0.05) is 67.8 Å². The van der Waals surface area contributed by atoms with Crippen LogP contribution in [0.15, 0.2) is 60.7 Å². The molecule has 0 bridgehead atoms. The van der Waals surface area contributed by atoms with Crippen molar-refractivity contribution in [3.8, 4) is 5.75 Å². The van der Waals surface area contributed by atoms with Crippen LogP contribution in [0, 0.1) is 11.8 Å². The Bertz CT molecular complexity index is 1630. The van der Waals surface area contributed by atoms with Crippen molar-refractivity contribution in [2.75, 3.05) is 19.3 Å². The number of hydrogen-bond donors (Lipinski definition) is 4. The third-order valence-electron chi connectivity index (χ3n) is 10.7. The van der Waals surface area contributed by atoms with E-state index in [1.54, 1.807) is 38.1 Å². The summed E-state index contributed by atoms with van der Waals surface area (Å²) in [5, 5.41) is 20.8. The van der Waals surface area contributed by atoms with Crippen LogP contribution in [0.3, 0.4) is 0 Å². The number of amides is 3. The largest absolute Gasteiger partial charge is 0.478 e. The van der Waals surface area contributed by atoms with Gasteiger partial charge in [0.15, 0.2) is 15.4 Å². The van der Waals surface area contributed by atoms with Gasteiger partial charge in [0.25, 0.3) is 5.91 Å². The summed E-state index contributed by atoms with van der Waals surface area (Å²) < 4.78 is 30.5. The lowest BCUT2D eigenvalue weighted by Gasteiger charge is -2.47. The Hall–Kier alpha value is -3.48. The van der Waals surface area contributed by atoms with Crippen LogP contribution in [-0.2, 0) is 30.6 Å². The molecule has 12 heteroatoms. The van der Waals surface area contributed by atoms with Gasteiger partial charge in [0.1, 0.15) is 11.8 Å². The van der Waals surface area contributed by atoms with E-state index in [9.17, 15) is 27.9 Å². The van der Waals surface area contributed by atoms with E-state index >= 15 is 0 Å². The lowest BCUT2D eigenvalue weighted by atomic mass is 9.72. The molecule has 0 aromatic heterocycles. The van der Waals surface area contributed by atoms with Gasteiger partial charge < -0.3 is 25.8 Å². The van der Waals surface area contributed by atoms with Gasteiger partial charge >= 0.3 is 0 Å². The Morgan fingerprint density at radius 1 is 0.885 bits per heavy atom. The van der Waals surface area contributed by atoms with Crippen molar-refractivity contribution in [1.29, 1.82) is 0 Å².